The zero-order valence-corrected chi connectivity index (χ0v) is 42.0. The van der Waals surface area contributed by atoms with E-state index in [1.54, 1.807) is 6.20 Å². The lowest BCUT2D eigenvalue weighted by molar-refractivity contribution is -0.167. The Hall–Kier alpha value is -6.04. The Labute approximate surface area is 424 Å². The van der Waals surface area contributed by atoms with E-state index in [2.05, 4.69) is 62.0 Å². The van der Waals surface area contributed by atoms with Crippen molar-refractivity contribution in [3.05, 3.63) is 60.0 Å². The average molecular weight is 1000 g/mol. The molecule has 2 atom stereocenters. The highest BCUT2D eigenvalue weighted by molar-refractivity contribution is 6.09. The van der Waals surface area contributed by atoms with E-state index in [0.717, 1.165) is 89.5 Å². The third-order valence-electron chi connectivity index (χ3n) is 17.8. The Morgan fingerprint density at radius 3 is 2.26 bits per heavy atom. The molecule has 1 aromatic carbocycles. The minimum Gasteiger partial charge on any atom is -0.366 e. The zero-order valence-electron chi connectivity index (χ0n) is 42.0. The van der Waals surface area contributed by atoms with Crippen LogP contribution in [0.15, 0.2) is 48.9 Å². The number of hydrogen-bond donors (Lipinski definition) is 2. The van der Waals surface area contributed by atoms with Gasteiger partial charge < -0.3 is 34.4 Å². The molecule has 0 radical (unpaired) electrons. The molecule has 7 fully saturated rings. The first-order valence-corrected chi connectivity index (χ1v) is 27.1. The number of nitrogens with one attached hydrogen (secondary N) is 2. The number of benzene rings is 1. The largest absolute Gasteiger partial charge is 0.366 e. The number of halogens is 2. The van der Waals surface area contributed by atoms with Crippen molar-refractivity contribution in [3.63, 3.8) is 0 Å². The fourth-order valence-electron chi connectivity index (χ4n) is 13.2. The molecule has 2 saturated carbocycles. The number of anilines is 3. The first kappa shape index (κ1) is 47.9. The number of imidazole rings is 1. The van der Waals surface area contributed by atoms with Crippen LogP contribution in [-0.4, -0.2) is 140 Å². The first-order valence-electron chi connectivity index (χ1n) is 27.1. The molecule has 0 bridgehead atoms. The second-order valence-corrected chi connectivity index (χ2v) is 22.6. The average Bonchev–Trinajstić information content (AvgIpc) is 4.05. The molecule has 2 N–H and O–H groups in total. The van der Waals surface area contributed by atoms with Crippen LogP contribution in [-0.2, 0) is 29.4 Å². The van der Waals surface area contributed by atoms with E-state index < -0.39 is 35.5 Å². The smallest absolute Gasteiger partial charge is 0.263 e. The molecule has 5 saturated heterocycles. The quantitative estimate of drug-likeness (QED) is 0.161. The number of piperidine rings is 5. The van der Waals surface area contributed by atoms with Crippen molar-refractivity contribution in [2.45, 2.75) is 145 Å². The van der Waals surface area contributed by atoms with Crippen LogP contribution in [0.4, 0.5) is 26.1 Å². The number of carbonyl (C=O) groups is 5. The lowest BCUT2D eigenvalue weighted by Gasteiger charge is -2.48. The van der Waals surface area contributed by atoms with Crippen LogP contribution in [0.5, 0.6) is 0 Å². The monoisotopic (exact) mass is 1000 g/mol. The Balaban J connectivity index is 0.737. The van der Waals surface area contributed by atoms with E-state index in [9.17, 15) is 19.2 Å². The molecule has 1 unspecified atom stereocenters. The summed E-state index contributed by atoms with van der Waals surface area (Å²) in [6.45, 7) is 7.40. The number of rotatable bonds is 10. The van der Waals surface area contributed by atoms with Gasteiger partial charge in [-0.25, -0.2) is 23.7 Å². The zero-order chi connectivity index (χ0) is 50.3. The maximum Gasteiger partial charge on any atom is 0.263 e. The van der Waals surface area contributed by atoms with Crippen molar-refractivity contribution in [1.82, 2.24) is 39.5 Å². The van der Waals surface area contributed by atoms with Crippen molar-refractivity contribution in [2.75, 3.05) is 67.5 Å². The number of hydrogen-bond acceptors (Lipinski definition) is 11. The number of likely N-dealkylation sites (tertiary alicyclic amines) is 3. The lowest BCUT2D eigenvalue weighted by Crippen LogP contribution is -2.60. The van der Waals surface area contributed by atoms with Crippen LogP contribution in [0, 0.1) is 11.8 Å². The molecule has 12 rings (SSSR count). The summed E-state index contributed by atoms with van der Waals surface area (Å²) in [5.74, 6) is -5.63. The first-order chi connectivity index (χ1) is 35.2. The van der Waals surface area contributed by atoms with Crippen LogP contribution in [0.3, 0.4) is 0 Å². The van der Waals surface area contributed by atoms with E-state index in [-0.39, 0.29) is 74.2 Å². The fraction of sp³-hybridized carbons (Fsp3) is 0.600. The number of imide groups is 1. The number of aromatic nitrogens is 4. The van der Waals surface area contributed by atoms with Gasteiger partial charge >= 0.3 is 0 Å². The van der Waals surface area contributed by atoms with E-state index >= 15 is 13.6 Å². The summed E-state index contributed by atoms with van der Waals surface area (Å²) in [6.07, 6.45) is 13.0. The minimum atomic E-state index is -3.28. The van der Waals surface area contributed by atoms with Gasteiger partial charge in [-0.1, -0.05) is 24.6 Å². The summed E-state index contributed by atoms with van der Waals surface area (Å²) in [5.41, 5.74) is 5.17. The molecule has 386 valence electrons. The van der Waals surface area contributed by atoms with Gasteiger partial charge in [0.2, 0.25) is 29.5 Å². The molecule has 6 aliphatic heterocycles. The van der Waals surface area contributed by atoms with Crippen molar-refractivity contribution < 1.29 is 32.8 Å². The molecule has 2 aliphatic carbocycles. The second-order valence-electron chi connectivity index (χ2n) is 22.6. The number of alkyl halides is 2. The van der Waals surface area contributed by atoms with Crippen LogP contribution >= 0.6 is 0 Å². The van der Waals surface area contributed by atoms with Crippen molar-refractivity contribution in [1.29, 1.82) is 0 Å². The molecule has 8 aliphatic rings. The Morgan fingerprint density at radius 1 is 0.808 bits per heavy atom. The molecule has 5 amide bonds. The van der Waals surface area contributed by atoms with Gasteiger partial charge in [0.15, 0.2) is 5.82 Å². The normalized spacial score (nSPS) is 26.6. The number of fused-ring (bicyclic) bond motifs is 3. The van der Waals surface area contributed by atoms with Gasteiger partial charge in [0.1, 0.15) is 17.3 Å². The number of carbonyl (C=O) groups excluding carboxylic acids is 5. The molecule has 3 aromatic heterocycles. The maximum atomic E-state index is 16.0. The molecule has 4 aromatic rings. The Kier molecular flexibility index (Phi) is 12.3. The van der Waals surface area contributed by atoms with Crippen molar-refractivity contribution in [2.24, 2.45) is 11.8 Å². The molecule has 16 nitrogen and oxygen atoms in total. The highest BCUT2D eigenvalue weighted by atomic mass is 19.3. The third-order valence-corrected chi connectivity index (χ3v) is 17.8. The van der Waals surface area contributed by atoms with Crippen LogP contribution in [0.1, 0.15) is 127 Å². The second kappa shape index (κ2) is 18.7. The Bertz CT molecular complexity index is 2820. The van der Waals surface area contributed by atoms with Gasteiger partial charge in [0.25, 0.3) is 5.92 Å². The van der Waals surface area contributed by atoms with E-state index in [0.29, 0.717) is 57.3 Å². The van der Waals surface area contributed by atoms with Gasteiger partial charge in [-0.05, 0) is 127 Å². The summed E-state index contributed by atoms with van der Waals surface area (Å²) in [6, 6.07) is 13.1. The highest BCUT2D eigenvalue weighted by Crippen LogP contribution is 2.53. The summed E-state index contributed by atoms with van der Waals surface area (Å²) in [4.78, 5) is 92.0. The molecular formula is C55H67F2N11O5. The fourth-order valence-corrected chi connectivity index (χ4v) is 13.2. The molecular weight excluding hydrogens is 933 g/mol. The van der Waals surface area contributed by atoms with Gasteiger partial charge in [-0.15, -0.1) is 0 Å². The Morgan fingerprint density at radius 2 is 1.56 bits per heavy atom. The topological polar surface area (TPSA) is 169 Å². The predicted octanol–water partition coefficient (Wildman–Crippen LogP) is 6.79. The minimum absolute atomic E-state index is 0.0310. The van der Waals surface area contributed by atoms with Crippen molar-refractivity contribution in [3.8, 4) is 11.3 Å². The summed E-state index contributed by atoms with van der Waals surface area (Å²) in [7, 11) is 0. The summed E-state index contributed by atoms with van der Waals surface area (Å²) < 4.78 is 34.1. The van der Waals surface area contributed by atoms with Gasteiger partial charge in [-0.3, -0.25) is 29.3 Å². The third kappa shape index (κ3) is 8.72. The van der Waals surface area contributed by atoms with Crippen molar-refractivity contribution >= 4 is 57.9 Å². The van der Waals surface area contributed by atoms with E-state index in [4.69, 9.17) is 9.97 Å². The highest BCUT2D eigenvalue weighted by Gasteiger charge is 2.57. The molecule has 9 heterocycles. The molecule has 18 heteroatoms. The maximum absolute atomic E-state index is 16.0. The molecule has 1 spiro atoms. The van der Waals surface area contributed by atoms with Crippen LogP contribution < -0.4 is 20.4 Å². The molecule has 73 heavy (non-hydrogen) atoms. The van der Waals surface area contributed by atoms with E-state index in [1.807, 2.05) is 29.4 Å². The number of nitrogens with zero attached hydrogens (tertiary/aromatic N) is 9. The predicted molar refractivity (Wildman–Crippen MR) is 271 cm³/mol. The van der Waals surface area contributed by atoms with Crippen LogP contribution in [0.2, 0.25) is 0 Å². The standard InChI is InChI=1S/C55H67F2N11O5/c1-33(2)67-32-59-44-29-43(61-49(48(44)67)60-37-8-9-37)35-6-11-41-45(26-35)68(39-27-38(28-39)63-19-4-3-5-20-63)53(73)54(41)16-23-65(24-17-54)52(72)42-31-66(25-18-55(42,56)57)51(71)34-14-21-64(22-15-34)46-12-7-36(30-58-46)40-10-13-47(69)62-50(40)70/h6-7,11-12,26,29-30,32-34,37-40,42H,3-5,8-10,13-25,27-28,31H2,1-2H3,(H,60,61)(H,62,69,70)/t38?,39?,40-,42?/m1/s1. The van der Waals surface area contributed by atoms with E-state index in [1.165, 1.54) is 29.1 Å². The SMILES string of the molecule is CC(C)n1cnc2cc(-c3ccc4c(c3)N(C3CC(N5CCCCC5)C3)C(=O)C43CCN(C(=O)C4CN(C(=O)C5CCN(c6ccc([C@H]7CCC(=O)NC7=O)cn6)CC5)CCC4(F)F)CC3)nc(NC3CC3)c21. The lowest BCUT2D eigenvalue weighted by atomic mass is 9.73. The van der Waals surface area contributed by atoms with Gasteiger partial charge in [0, 0.05) is 99.6 Å². The number of pyridine rings is 2. The number of amides is 5. The van der Waals surface area contributed by atoms with Crippen LogP contribution in [0.25, 0.3) is 22.3 Å². The van der Waals surface area contributed by atoms with Gasteiger partial charge in [-0.2, -0.15) is 0 Å². The van der Waals surface area contributed by atoms with Gasteiger partial charge in [0.05, 0.1) is 28.9 Å². The summed E-state index contributed by atoms with van der Waals surface area (Å²) in [5, 5.41) is 6.05. The summed E-state index contributed by atoms with van der Waals surface area (Å²) >= 11 is 0.